The molecule has 2 aromatic rings. The zero-order chi connectivity index (χ0) is 19.8. The Morgan fingerprint density at radius 3 is 2.37 bits per heavy atom. The van der Waals surface area contributed by atoms with Gasteiger partial charge in [-0.15, -0.1) is 0 Å². The molecule has 0 aliphatic heterocycles. The summed E-state index contributed by atoms with van der Waals surface area (Å²) in [5, 5.41) is 13.8. The van der Waals surface area contributed by atoms with Crippen molar-refractivity contribution in [3.63, 3.8) is 0 Å². The van der Waals surface area contributed by atoms with Gasteiger partial charge in [-0.1, -0.05) is 25.1 Å². The van der Waals surface area contributed by atoms with E-state index in [1.165, 1.54) is 18.2 Å². The molecule has 0 fully saturated rings. The van der Waals surface area contributed by atoms with Crippen LogP contribution < -0.4 is 10.6 Å². The topological polar surface area (TPSA) is 95.5 Å². The summed E-state index contributed by atoms with van der Waals surface area (Å²) in [7, 11) is 0. The third-order valence-electron chi connectivity index (χ3n) is 3.98. The van der Waals surface area contributed by atoms with Gasteiger partial charge >= 0.3 is 5.97 Å². The first-order chi connectivity index (χ1) is 12.9. The number of carboxylic acids is 1. The summed E-state index contributed by atoms with van der Waals surface area (Å²) in [6.07, 6.45) is -0.0293. The number of carboxylic acid groups (broad SMARTS) is 1. The average Bonchev–Trinajstić information content (AvgIpc) is 2.62. The van der Waals surface area contributed by atoms with E-state index in [-0.39, 0.29) is 42.9 Å². The lowest BCUT2D eigenvalue weighted by Gasteiger charge is -2.13. The van der Waals surface area contributed by atoms with E-state index in [2.05, 4.69) is 10.6 Å². The van der Waals surface area contributed by atoms with E-state index in [1.807, 2.05) is 0 Å². The van der Waals surface area contributed by atoms with Crippen molar-refractivity contribution in [1.82, 2.24) is 5.32 Å². The standard InChI is InChI=1S/C20H21FN2O4/c1-13(16-4-2-3-5-17(16)21)12-18(24)23-15-8-6-14(7-9-15)20(27)22-11-10-19(25)26/h2-9,13H,10-12H2,1H3,(H,22,27)(H,23,24)(H,25,26). The highest BCUT2D eigenvalue weighted by Crippen LogP contribution is 2.22. The number of benzene rings is 2. The maximum atomic E-state index is 13.8. The van der Waals surface area contributed by atoms with Crippen LogP contribution in [-0.2, 0) is 9.59 Å². The Labute approximate surface area is 156 Å². The van der Waals surface area contributed by atoms with Crippen LogP contribution in [0.15, 0.2) is 48.5 Å². The predicted octanol–water partition coefficient (Wildman–Crippen LogP) is 3.16. The van der Waals surface area contributed by atoms with Gasteiger partial charge in [-0.05, 0) is 41.8 Å². The zero-order valence-corrected chi connectivity index (χ0v) is 14.9. The van der Waals surface area contributed by atoms with Crippen molar-refractivity contribution in [1.29, 1.82) is 0 Å². The van der Waals surface area contributed by atoms with Crippen molar-refractivity contribution in [3.05, 3.63) is 65.5 Å². The maximum Gasteiger partial charge on any atom is 0.305 e. The van der Waals surface area contributed by atoms with Gasteiger partial charge in [0, 0.05) is 24.2 Å². The Morgan fingerprint density at radius 2 is 1.74 bits per heavy atom. The quantitative estimate of drug-likeness (QED) is 0.663. The van der Waals surface area contributed by atoms with Crippen molar-refractivity contribution in [3.8, 4) is 0 Å². The van der Waals surface area contributed by atoms with E-state index in [0.717, 1.165) is 0 Å². The molecule has 0 spiro atoms. The van der Waals surface area contributed by atoms with E-state index in [1.54, 1.807) is 37.3 Å². The number of carbonyl (C=O) groups is 3. The number of rotatable bonds is 8. The lowest BCUT2D eigenvalue weighted by molar-refractivity contribution is -0.136. The van der Waals surface area contributed by atoms with Crippen LogP contribution in [0, 0.1) is 5.82 Å². The minimum absolute atomic E-state index is 0.0423. The Balaban J connectivity index is 1.88. The van der Waals surface area contributed by atoms with Crippen LogP contribution in [-0.4, -0.2) is 29.4 Å². The molecule has 142 valence electrons. The van der Waals surface area contributed by atoms with Gasteiger partial charge in [0.05, 0.1) is 6.42 Å². The number of nitrogens with one attached hydrogen (secondary N) is 2. The lowest BCUT2D eigenvalue weighted by Crippen LogP contribution is -2.25. The highest BCUT2D eigenvalue weighted by atomic mass is 19.1. The Kier molecular flexibility index (Phi) is 7.05. The van der Waals surface area contributed by atoms with Crippen LogP contribution in [0.2, 0.25) is 0 Å². The number of hydrogen-bond donors (Lipinski definition) is 3. The molecule has 0 saturated heterocycles. The fourth-order valence-corrected chi connectivity index (χ4v) is 2.56. The van der Waals surface area contributed by atoms with Crippen molar-refractivity contribution < 1.29 is 23.9 Å². The van der Waals surface area contributed by atoms with Crippen molar-refractivity contribution in [2.75, 3.05) is 11.9 Å². The molecule has 0 aliphatic carbocycles. The highest BCUT2D eigenvalue weighted by Gasteiger charge is 2.15. The van der Waals surface area contributed by atoms with Gasteiger partial charge in [0.15, 0.2) is 0 Å². The number of halogens is 1. The number of anilines is 1. The largest absolute Gasteiger partial charge is 0.481 e. The number of carbonyl (C=O) groups excluding carboxylic acids is 2. The molecular formula is C20H21FN2O4. The molecule has 1 atom stereocenters. The summed E-state index contributed by atoms with van der Waals surface area (Å²) >= 11 is 0. The molecule has 3 N–H and O–H groups in total. The summed E-state index contributed by atoms with van der Waals surface area (Å²) < 4.78 is 13.8. The highest BCUT2D eigenvalue weighted by molar-refractivity contribution is 5.96. The second kappa shape index (κ2) is 9.47. The van der Waals surface area contributed by atoms with Gasteiger partial charge in [0.1, 0.15) is 5.82 Å². The van der Waals surface area contributed by atoms with Gasteiger partial charge in [0.2, 0.25) is 5.91 Å². The first-order valence-corrected chi connectivity index (χ1v) is 8.51. The summed E-state index contributed by atoms with van der Waals surface area (Å²) in [5.74, 6) is -2.24. The third kappa shape index (κ3) is 6.22. The lowest BCUT2D eigenvalue weighted by atomic mass is 9.97. The molecule has 2 amide bonds. The molecule has 0 heterocycles. The van der Waals surface area contributed by atoms with Crippen LogP contribution >= 0.6 is 0 Å². The first kappa shape index (κ1) is 20.1. The molecule has 0 aromatic heterocycles. The Hall–Kier alpha value is -3.22. The molecule has 6 nitrogen and oxygen atoms in total. The molecule has 0 bridgehead atoms. The first-order valence-electron chi connectivity index (χ1n) is 8.51. The monoisotopic (exact) mass is 372 g/mol. The SMILES string of the molecule is CC(CC(=O)Nc1ccc(C(=O)NCCC(=O)O)cc1)c1ccccc1F. The molecule has 2 rings (SSSR count). The van der Waals surface area contributed by atoms with E-state index in [9.17, 15) is 18.8 Å². The Morgan fingerprint density at radius 1 is 1.07 bits per heavy atom. The second-order valence-electron chi connectivity index (χ2n) is 6.15. The molecule has 7 heteroatoms. The van der Waals surface area contributed by atoms with Crippen LogP contribution in [0.4, 0.5) is 10.1 Å². The Bertz CT molecular complexity index is 821. The molecule has 27 heavy (non-hydrogen) atoms. The summed E-state index contributed by atoms with van der Waals surface area (Å²) in [6, 6.07) is 12.6. The summed E-state index contributed by atoms with van der Waals surface area (Å²) in [5.41, 5.74) is 1.36. The predicted molar refractivity (Wildman–Crippen MR) is 99.1 cm³/mol. The van der Waals surface area contributed by atoms with Crippen LogP contribution in [0.3, 0.4) is 0 Å². The van der Waals surface area contributed by atoms with E-state index in [0.29, 0.717) is 16.8 Å². The average molecular weight is 372 g/mol. The maximum absolute atomic E-state index is 13.8. The van der Waals surface area contributed by atoms with Crippen molar-refractivity contribution >= 4 is 23.5 Å². The normalized spacial score (nSPS) is 11.5. The molecule has 0 saturated carbocycles. The van der Waals surface area contributed by atoms with Crippen LogP contribution in [0.25, 0.3) is 0 Å². The number of amides is 2. The van der Waals surface area contributed by atoms with Crippen LogP contribution in [0.5, 0.6) is 0 Å². The minimum Gasteiger partial charge on any atom is -0.481 e. The van der Waals surface area contributed by atoms with E-state index in [4.69, 9.17) is 5.11 Å². The van der Waals surface area contributed by atoms with Crippen molar-refractivity contribution in [2.24, 2.45) is 0 Å². The number of aliphatic carboxylic acids is 1. The van der Waals surface area contributed by atoms with Crippen LogP contribution in [0.1, 0.15) is 41.6 Å². The van der Waals surface area contributed by atoms with Gasteiger partial charge in [-0.2, -0.15) is 0 Å². The van der Waals surface area contributed by atoms with E-state index >= 15 is 0 Å². The summed E-state index contributed by atoms with van der Waals surface area (Å²) in [6.45, 7) is 1.82. The molecule has 1 unspecified atom stereocenters. The smallest absolute Gasteiger partial charge is 0.305 e. The van der Waals surface area contributed by atoms with Gasteiger partial charge in [0.25, 0.3) is 5.91 Å². The molecule has 0 radical (unpaired) electrons. The third-order valence-corrected chi connectivity index (χ3v) is 3.98. The van der Waals surface area contributed by atoms with Crippen molar-refractivity contribution in [2.45, 2.75) is 25.7 Å². The fourth-order valence-electron chi connectivity index (χ4n) is 2.56. The number of hydrogen-bond acceptors (Lipinski definition) is 3. The fraction of sp³-hybridized carbons (Fsp3) is 0.250. The molecular weight excluding hydrogens is 351 g/mol. The van der Waals surface area contributed by atoms with Gasteiger partial charge < -0.3 is 15.7 Å². The molecule has 2 aromatic carbocycles. The summed E-state index contributed by atoms with van der Waals surface area (Å²) in [4.78, 5) is 34.5. The van der Waals surface area contributed by atoms with Gasteiger partial charge in [-0.25, -0.2) is 4.39 Å². The second-order valence-corrected chi connectivity index (χ2v) is 6.15. The zero-order valence-electron chi connectivity index (χ0n) is 14.9. The van der Waals surface area contributed by atoms with Gasteiger partial charge in [-0.3, -0.25) is 14.4 Å². The molecule has 0 aliphatic rings. The minimum atomic E-state index is -0.988. The van der Waals surface area contributed by atoms with E-state index < -0.39 is 5.97 Å².